The Morgan fingerprint density at radius 1 is 1.04 bits per heavy atom. The van der Waals surface area contributed by atoms with Crippen LogP contribution in [0, 0.1) is 0 Å². The number of benzene rings is 2. The molecule has 0 aliphatic carbocycles. The lowest BCUT2D eigenvalue weighted by Gasteiger charge is -2.08. The first kappa shape index (κ1) is 15.1. The zero-order valence-electron chi connectivity index (χ0n) is 12.6. The van der Waals surface area contributed by atoms with E-state index in [0.29, 0.717) is 5.75 Å². The Hall–Kier alpha value is -2.44. The van der Waals surface area contributed by atoms with Gasteiger partial charge in [0, 0.05) is 16.5 Å². The molecule has 4 nitrogen and oxygen atoms in total. The maximum atomic E-state index is 12.3. The van der Waals surface area contributed by atoms with E-state index in [1.807, 2.05) is 53.9 Å². The summed E-state index contributed by atoms with van der Waals surface area (Å²) in [6.07, 6.45) is 1.55. The van der Waals surface area contributed by atoms with Crippen LogP contribution in [0.2, 0.25) is 0 Å². The molecule has 4 aromatic rings. The number of fused-ring (bicyclic) bond motifs is 2. The predicted octanol–water partition coefficient (Wildman–Crippen LogP) is 4.58. The normalized spacial score (nSPS) is 11.0. The van der Waals surface area contributed by atoms with Crippen LogP contribution in [-0.4, -0.2) is 21.6 Å². The van der Waals surface area contributed by atoms with Crippen LogP contribution in [-0.2, 0) is 4.79 Å². The summed E-state index contributed by atoms with van der Waals surface area (Å²) >= 11 is 3.01. The summed E-state index contributed by atoms with van der Waals surface area (Å²) < 4.78 is 0. The quantitative estimate of drug-likeness (QED) is 0.432. The molecule has 0 saturated carbocycles. The fraction of sp³-hybridized carbons (Fsp3) is 0.0556. The van der Waals surface area contributed by atoms with Crippen LogP contribution in [0.5, 0.6) is 0 Å². The zero-order valence-corrected chi connectivity index (χ0v) is 14.2. The number of hydrogen-bond donors (Lipinski definition) is 1. The third kappa shape index (κ3) is 2.98. The number of thioether (sulfide) groups is 1. The number of carbonyl (C=O) groups is 1. The summed E-state index contributed by atoms with van der Waals surface area (Å²) in [5.74, 6) is 0.267. The van der Waals surface area contributed by atoms with Crippen molar-refractivity contribution in [1.29, 1.82) is 0 Å². The highest BCUT2D eigenvalue weighted by molar-refractivity contribution is 8.00. The van der Waals surface area contributed by atoms with Crippen molar-refractivity contribution < 1.29 is 4.79 Å². The number of hydrogen-bond acceptors (Lipinski definition) is 5. The molecule has 2 aromatic carbocycles. The monoisotopic (exact) mass is 351 g/mol. The van der Waals surface area contributed by atoms with Gasteiger partial charge in [-0.2, -0.15) is 0 Å². The fourth-order valence-electron chi connectivity index (χ4n) is 2.54. The van der Waals surface area contributed by atoms with Crippen LogP contribution >= 0.6 is 23.1 Å². The van der Waals surface area contributed by atoms with Crippen LogP contribution in [0.4, 0.5) is 5.69 Å². The second kappa shape index (κ2) is 6.59. The maximum Gasteiger partial charge on any atom is 0.234 e. The van der Waals surface area contributed by atoms with Gasteiger partial charge in [0.2, 0.25) is 5.91 Å². The highest BCUT2D eigenvalue weighted by atomic mass is 32.2. The minimum atomic E-state index is -0.0432. The minimum absolute atomic E-state index is 0.0432. The van der Waals surface area contributed by atoms with E-state index in [0.717, 1.165) is 31.7 Å². The third-order valence-electron chi connectivity index (χ3n) is 3.63. The Morgan fingerprint density at radius 3 is 2.88 bits per heavy atom. The summed E-state index contributed by atoms with van der Waals surface area (Å²) in [5, 5.41) is 8.98. The first-order valence-corrected chi connectivity index (χ1v) is 9.26. The number of rotatable bonds is 4. The Labute approximate surface area is 146 Å². The fourth-order valence-corrected chi connectivity index (χ4v) is 4.12. The van der Waals surface area contributed by atoms with E-state index in [2.05, 4.69) is 15.3 Å². The van der Waals surface area contributed by atoms with Gasteiger partial charge >= 0.3 is 0 Å². The SMILES string of the molecule is O=C(CSc1ncnc2sccc12)Nc1cccc2ccccc12. The van der Waals surface area contributed by atoms with Crippen molar-refractivity contribution in [3.8, 4) is 0 Å². The molecule has 0 fully saturated rings. The zero-order chi connectivity index (χ0) is 16.4. The second-order valence-corrected chi connectivity index (χ2v) is 7.04. The largest absolute Gasteiger partial charge is 0.325 e. The van der Waals surface area contributed by atoms with Gasteiger partial charge in [-0.1, -0.05) is 48.2 Å². The molecule has 2 aromatic heterocycles. The molecule has 1 N–H and O–H groups in total. The van der Waals surface area contributed by atoms with Gasteiger partial charge in [-0.25, -0.2) is 9.97 Å². The van der Waals surface area contributed by atoms with Crippen molar-refractivity contribution in [2.75, 3.05) is 11.1 Å². The lowest BCUT2D eigenvalue weighted by Crippen LogP contribution is -2.14. The van der Waals surface area contributed by atoms with E-state index in [9.17, 15) is 4.79 Å². The van der Waals surface area contributed by atoms with E-state index < -0.39 is 0 Å². The van der Waals surface area contributed by atoms with E-state index in [1.165, 1.54) is 11.8 Å². The highest BCUT2D eigenvalue weighted by Gasteiger charge is 2.10. The van der Waals surface area contributed by atoms with Crippen molar-refractivity contribution in [2.45, 2.75) is 5.03 Å². The van der Waals surface area contributed by atoms with Gasteiger partial charge in [0.05, 0.1) is 5.75 Å². The standard InChI is InChI=1S/C18H13N3OS2/c22-16(10-24-18-14-8-9-23-17(14)19-11-20-18)21-15-7-3-5-12-4-1-2-6-13(12)15/h1-9,11H,10H2,(H,21,22). The minimum Gasteiger partial charge on any atom is -0.325 e. The van der Waals surface area contributed by atoms with E-state index in [1.54, 1.807) is 17.7 Å². The molecule has 6 heteroatoms. The summed E-state index contributed by atoms with van der Waals surface area (Å²) in [7, 11) is 0. The van der Waals surface area contributed by atoms with Gasteiger partial charge in [-0.05, 0) is 22.9 Å². The van der Waals surface area contributed by atoms with Crippen LogP contribution in [0.15, 0.2) is 65.3 Å². The molecule has 118 valence electrons. The Bertz CT molecular complexity index is 1020. The molecular weight excluding hydrogens is 338 g/mol. The molecule has 0 aliphatic rings. The van der Waals surface area contributed by atoms with Crippen LogP contribution < -0.4 is 5.32 Å². The van der Waals surface area contributed by atoms with Crippen molar-refractivity contribution in [1.82, 2.24) is 9.97 Å². The number of nitrogens with one attached hydrogen (secondary N) is 1. The molecular formula is C18H13N3OS2. The maximum absolute atomic E-state index is 12.3. The smallest absolute Gasteiger partial charge is 0.234 e. The summed E-state index contributed by atoms with van der Waals surface area (Å²) in [6, 6.07) is 15.9. The predicted molar refractivity (Wildman–Crippen MR) is 101 cm³/mol. The number of thiophene rings is 1. The second-order valence-electron chi connectivity index (χ2n) is 5.18. The molecule has 0 unspecified atom stereocenters. The lowest BCUT2D eigenvalue weighted by molar-refractivity contribution is -0.113. The number of aromatic nitrogens is 2. The highest BCUT2D eigenvalue weighted by Crippen LogP contribution is 2.28. The van der Waals surface area contributed by atoms with Gasteiger partial charge in [-0.3, -0.25) is 4.79 Å². The topological polar surface area (TPSA) is 54.9 Å². The van der Waals surface area contributed by atoms with Crippen molar-refractivity contribution >= 4 is 55.7 Å². The molecule has 0 aliphatic heterocycles. The number of amides is 1. The van der Waals surface area contributed by atoms with E-state index in [-0.39, 0.29) is 5.91 Å². The Morgan fingerprint density at radius 2 is 1.92 bits per heavy atom. The molecule has 24 heavy (non-hydrogen) atoms. The summed E-state index contributed by atoms with van der Waals surface area (Å²) in [6.45, 7) is 0. The lowest BCUT2D eigenvalue weighted by atomic mass is 10.1. The van der Waals surface area contributed by atoms with E-state index >= 15 is 0 Å². The molecule has 0 saturated heterocycles. The molecule has 0 atom stereocenters. The van der Waals surface area contributed by atoms with Gasteiger partial charge in [0.25, 0.3) is 0 Å². The number of carbonyl (C=O) groups excluding carboxylic acids is 1. The van der Waals surface area contributed by atoms with Gasteiger partial charge in [-0.15, -0.1) is 11.3 Å². The molecule has 4 rings (SSSR count). The average Bonchev–Trinajstić information content (AvgIpc) is 3.09. The van der Waals surface area contributed by atoms with Crippen LogP contribution in [0.1, 0.15) is 0 Å². The first-order valence-electron chi connectivity index (χ1n) is 7.40. The molecule has 2 heterocycles. The van der Waals surface area contributed by atoms with Crippen molar-refractivity contribution in [3.05, 3.63) is 60.2 Å². The van der Waals surface area contributed by atoms with Crippen molar-refractivity contribution in [3.63, 3.8) is 0 Å². The van der Waals surface area contributed by atoms with E-state index in [4.69, 9.17) is 0 Å². The first-order chi connectivity index (χ1) is 11.8. The Kier molecular flexibility index (Phi) is 4.15. The number of nitrogens with zero attached hydrogens (tertiary/aromatic N) is 2. The number of anilines is 1. The molecule has 0 bridgehead atoms. The average molecular weight is 351 g/mol. The summed E-state index contributed by atoms with van der Waals surface area (Å²) in [5.41, 5.74) is 0.835. The summed E-state index contributed by atoms with van der Waals surface area (Å²) in [4.78, 5) is 21.8. The van der Waals surface area contributed by atoms with Gasteiger partial charge in [0.15, 0.2) is 0 Å². The van der Waals surface area contributed by atoms with Gasteiger partial charge in [0.1, 0.15) is 16.2 Å². The molecule has 0 spiro atoms. The molecule has 1 amide bonds. The third-order valence-corrected chi connectivity index (χ3v) is 5.45. The Balaban J connectivity index is 1.50. The van der Waals surface area contributed by atoms with Crippen LogP contribution in [0.3, 0.4) is 0 Å². The van der Waals surface area contributed by atoms with Crippen molar-refractivity contribution in [2.24, 2.45) is 0 Å². The van der Waals surface area contributed by atoms with Crippen LogP contribution in [0.25, 0.3) is 21.0 Å². The molecule has 0 radical (unpaired) electrons. The van der Waals surface area contributed by atoms with Gasteiger partial charge < -0.3 is 5.32 Å².